The second-order valence-electron chi connectivity index (χ2n) is 4.39. The summed E-state index contributed by atoms with van der Waals surface area (Å²) in [6.45, 7) is 3.33. The van der Waals surface area contributed by atoms with Gasteiger partial charge in [0.05, 0.1) is 6.54 Å². The zero-order valence-corrected chi connectivity index (χ0v) is 11.9. The second kappa shape index (κ2) is 6.54. The molecule has 1 unspecified atom stereocenters. The Labute approximate surface area is 117 Å². The fourth-order valence-corrected chi connectivity index (χ4v) is 1.66. The number of hydrogen-bond acceptors (Lipinski definition) is 3. The van der Waals surface area contributed by atoms with Gasteiger partial charge in [-0.05, 0) is 38.6 Å². The molecule has 1 amide bonds. The van der Waals surface area contributed by atoms with Crippen molar-refractivity contribution in [2.24, 2.45) is 0 Å². The number of carbonyl (C=O) groups excluding carboxylic acids is 1. The molecule has 0 saturated carbocycles. The molecule has 0 bridgehead atoms. The van der Waals surface area contributed by atoms with E-state index in [0.717, 1.165) is 5.56 Å². The topological polar surface area (TPSA) is 69.6 Å². The highest BCUT2D eigenvalue weighted by Gasteiger charge is 2.19. The predicted molar refractivity (Wildman–Crippen MR) is 74.5 cm³/mol. The standard InChI is InChI=1S/C13H17ClN2O3/c1-8-10(14)5-4-6-11(8)15-12(17)7-16(3)9(2)13(18)19/h4-6,9H,7H2,1-3H3,(H,15,17)(H,18,19). The van der Waals surface area contributed by atoms with Crippen molar-refractivity contribution < 1.29 is 14.7 Å². The zero-order chi connectivity index (χ0) is 14.6. The van der Waals surface area contributed by atoms with Gasteiger partial charge in [-0.2, -0.15) is 0 Å². The van der Waals surface area contributed by atoms with Crippen molar-refractivity contribution in [2.45, 2.75) is 19.9 Å². The summed E-state index contributed by atoms with van der Waals surface area (Å²) in [7, 11) is 1.59. The van der Waals surface area contributed by atoms with E-state index in [-0.39, 0.29) is 12.5 Å². The SMILES string of the molecule is Cc1c(Cl)cccc1NC(=O)CN(C)C(C)C(=O)O. The molecule has 0 aromatic heterocycles. The smallest absolute Gasteiger partial charge is 0.320 e. The molecule has 0 radical (unpaired) electrons. The Hall–Kier alpha value is -1.59. The average molecular weight is 285 g/mol. The van der Waals surface area contributed by atoms with E-state index in [4.69, 9.17) is 16.7 Å². The first-order chi connectivity index (χ1) is 8.82. The van der Waals surface area contributed by atoms with Crippen LogP contribution in [0.15, 0.2) is 18.2 Å². The van der Waals surface area contributed by atoms with E-state index >= 15 is 0 Å². The molecule has 0 aliphatic heterocycles. The monoisotopic (exact) mass is 284 g/mol. The summed E-state index contributed by atoms with van der Waals surface area (Å²) >= 11 is 5.96. The number of nitrogens with zero attached hydrogens (tertiary/aromatic N) is 1. The third kappa shape index (κ3) is 4.22. The van der Waals surface area contributed by atoms with Crippen LogP contribution in [0, 0.1) is 6.92 Å². The van der Waals surface area contributed by atoms with Gasteiger partial charge in [0.1, 0.15) is 6.04 Å². The van der Waals surface area contributed by atoms with Crippen molar-refractivity contribution in [1.82, 2.24) is 4.90 Å². The van der Waals surface area contributed by atoms with Crippen LogP contribution in [0.1, 0.15) is 12.5 Å². The quantitative estimate of drug-likeness (QED) is 0.867. The van der Waals surface area contributed by atoms with E-state index in [2.05, 4.69) is 5.32 Å². The van der Waals surface area contributed by atoms with Gasteiger partial charge in [-0.25, -0.2) is 0 Å². The summed E-state index contributed by atoms with van der Waals surface area (Å²) in [6.07, 6.45) is 0. The van der Waals surface area contributed by atoms with Crippen molar-refractivity contribution in [3.05, 3.63) is 28.8 Å². The van der Waals surface area contributed by atoms with Gasteiger partial charge in [-0.1, -0.05) is 17.7 Å². The molecule has 0 spiro atoms. The van der Waals surface area contributed by atoms with Gasteiger partial charge in [0.25, 0.3) is 0 Å². The van der Waals surface area contributed by atoms with Gasteiger partial charge in [0.15, 0.2) is 0 Å². The van der Waals surface area contributed by atoms with Crippen LogP contribution in [0.4, 0.5) is 5.69 Å². The van der Waals surface area contributed by atoms with E-state index in [1.807, 2.05) is 6.92 Å². The Morgan fingerprint density at radius 2 is 2.11 bits per heavy atom. The number of benzene rings is 1. The van der Waals surface area contributed by atoms with Crippen LogP contribution < -0.4 is 5.32 Å². The fraction of sp³-hybridized carbons (Fsp3) is 0.385. The Morgan fingerprint density at radius 3 is 2.68 bits per heavy atom. The predicted octanol–water partition coefficient (Wildman–Crippen LogP) is 1.99. The number of hydrogen-bond donors (Lipinski definition) is 2. The van der Waals surface area contributed by atoms with Crippen LogP contribution in [0.3, 0.4) is 0 Å². The molecule has 0 heterocycles. The van der Waals surface area contributed by atoms with Gasteiger partial charge in [0, 0.05) is 10.7 Å². The lowest BCUT2D eigenvalue weighted by atomic mass is 10.2. The molecule has 2 N–H and O–H groups in total. The summed E-state index contributed by atoms with van der Waals surface area (Å²) in [5.41, 5.74) is 1.42. The maximum atomic E-state index is 11.8. The normalized spacial score (nSPS) is 12.3. The molecule has 1 atom stereocenters. The highest BCUT2D eigenvalue weighted by molar-refractivity contribution is 6.31. The van der Waals surface area contributed by atoms with Crippen LogP contribution in [0.2, 0.25) is 5.02 Å². The largest absolute Gasteiger partial charge is 0.480 e. The number of carbonyl (C=O) groups is 2. The van der Waals surface area contributed by atoms with Crippen molar-refractivity contribution in [2.75, 3.05) is 18.9 Å². The van der Waals surface area contributed by atoms with Gasteiger partial charge in [-0.3, -0.25) is 14.5 Å². The summed E-state index contributed by atoms with van der Waals surface area (Å²) in [6, 6.07) is 4.52. The van der Waals surface area contributed by atoms with Gasteiger partial charge in [-0.15, -0.1) is 0 Å². The number of carboxylic acids is 1. The molecule has 1 aromatic carbocycles. The minimum absolute atomic E-state index is 0.000575. The van der Waals surface area contributed by atoms with E-state index in [0.29, 0.717) is 10.7 Å². The Morgan fingerprint density at radius 1 is 1.47 bits per heavy atom. The number of likely N-dealkylation sites (N-methyl/N-ethyl adjacent to an activating group) is 1. The van der Waals surface area contributed by atoms with Gasteiger partial charge >= 0.3 is 5.97 Å². The van der Waals surface area contributed by atoms with Gasteiger partial charge < -0.3 is 10.4 Å². The van der Waals surface area contributed by atoms with Crippen molar-refractivity contribution in [1.29, 1.82) is 0 Å². The maximum absolute atomic E-state index is 11.8. The molecule has 19 heavy (non-hydrogen) atoms. The Bertz CT molecular complexity index is 491. The van der Waals surface area contributed by atoms with Crippen LogP contribution >= 0.6 is 11.6 Å². The number of anilines is 1. The lowest BCUT2D eigenvalue weighted by molar-refractivity contribution is -0.142. The third-order valence-electron chi connectivity index (χ3n) is 2.95. The number of amides is 1. The molecule has 1 rings (SSSR count). The highest BCUT2D eigenvalue weighted by atomic mass is 35.5. The summed E-state index contributed by atoms with van der Waals surface area (Å²) in [5.74, 6) is -1.24. The molecule has 0 aliphatic carbocycles. The first-order valence-electron chi connectivity index (χ1n) is 5.81. The third-order valence-corrected chi connectivity index (χ3v) is 3.36. The summed E-state index contributed by atoms with van der Waals surface area (Å²) < 4.78 is 0. The number of rotatable bonds is 5. The highest BCUT2D eigenvalue weighted by Crippen LogP contribution is 2.22. The second-order valence-corrected chi connectivity index (χ2v) is 4.80. The van der Waals surface area contributed by atoms with E-state index in [1.54, 1.807) is 25.2 Å². The van der Waals surface area contributed by atoms with Crippen LogP contribution in [0.5, 0.6) is 0 Å². The first-order valence-corrected chi connectivity index (χ1v) is 6.18. The van der Waals surface area contributed by atoms with Crippen molar-refractivity contribution in [3.63, 3.8) is 0 Å². The molecule has 1 aromatic rings. The van der Waals surface area contributed by atoms with E-state index < -0.39 is 12.0 Å². The molecule has 104 valence electrons. The fourth-order valence-electron chi connectivity index (χ4n) is 1.48. The molecule has 5 nitrogen and oxygen atoms in total. The molecule has 0 saturated heterocycles. The van der Waals surface area contributed by atoms with Crippen molar-refractivity contribution in [3.8, 4) is 0 Å². The number of nitrogens with one attached hydrogen (secondary N) is 1. The van der Waals surface area contributed by atoms with E-state index in [9.17, 15) is 9.59 Å². The van der Waals surface area contributed by atoms with Crippen LogP contribution in [0.25, 0.3) is 0 Å². The minimum Gasteiger partial charge on any atom is -0.480 e. The lowest BCUT2D eigenvalue weighted by Gasteiger charge is -2.20. The Balaban J connectivity index is 2.66. The van der Waals surface area contributed by atoms with Crippen molar-refractivity contribution >= 4 is 29.2 Å². The molecular formula is C13H17ClN2O3. The Kier molecular flexibility index (Phi) is 5.32. The molecule has 0 fully saturated rings. The van der Waals surface area contributed by atoms with E-state index in [1.165, 1.54) is 11.8 Å². The average Bonchev–Trinajstić information content (AvgIpc) is 2.33. The molecule has 0 aliphatic rings. The number of carboxylic acid groups (broad SMARTS) is 1. The summed E-state index contributed by atoms with van der Waals surface area (Å²) in [5, 5.41) is 12.1. The van der Waals surface area contributed by atoms with Crippen LogP contribution in [-0.4, -0.2) is 41.5 Å². The zero-order valence-electron chi connectivity index (χ0n) is 11.1. The maximum Gasteiger partial charge on any atom is 0.320 e. The molecular weight excluding hydrogens is 268 g/mol. The van der Waals surface area contributed by atoms with Crippen LogP contribution in [-0.2, 0) is 9.59 Å². The molecule has 6 heteroatoms. The number of aliphatic carboxylic acids is 1. The minimum atomic E-state index is -0.964. The number of halogens is 1. The summed E-state index contributed by atoms with van der Waals surface area (Å²) in [4.78, 5) is 24.1. The lowest BCUT2D eigenvalue weighted by Crippen LogP contribution is -2.40. The first kappa shape index (κ1) is 15.5. The van der Waals surface area contributed by atoms with Gasteiger partial charge in [0.2, 0.25) is 5.91 Å².